The summed E-state index contributed by atoms with van der Waals surface area (Å²) >= 11 is 25.1. The number of nitrogens with zero attached hydrogens (tertiary/aromatic N) is 7. The van der Waals surface area contributed by atoms with Crippen molar-refractivity contribution in [1.82, 2.24) is 29.3 Å². The summed E-state index contributed by atoms with van der Waals surface area (Å²) in [5.74, 6) is 6.11. The summed E-state index contributed by atoms with van der Waals surface area (Å²) in [6.07, 6.45) is 2.71. The number of rotatable bonds is 13. The predicted octanol–water partition coefficient (Wildman–Crippen LogP) is 7.70. The fraction of sp³-hybridized carbons (Fsp3) is 0.259. The minimum absolute atomic E-state index is 0.0310. The fourth-order valence-corrected chi connectivity index (χ4v) is 10.6. The van der Waals surface area contributed by atoms with Crippen LogP contribution in [-0.2, 0) is 22.7 Å². The number of amides is 4. The van der Waals surface area contributed by atoms with Crippen LogP contribution in [0, 0.1) is 20.2 Å². The Morgan fingerprint density at radius 1 is 0.617 bits per heavy atom. The van der Waals surface area contributed by atoms with Gasteiger partial charge in [-0.05, 0) is 93.4 Å². The number of aromatic amines is 1. The number of hydrogen-bond donors (Lipinski definition) is 5. The molecule has 0 spiro atoms. The number of nitrogens with two attached hydrogens (primary N) is 4. The number of piperazine rings is 2. The number of H-pyrrole nitrogens is 1. The summed E-state index contributed by atoms with van der Waals surface area (Å²) < 4.78 is 1.19. The number of aromatic nitrogens is 2. The molecule has 81 heavy (non-hydrogen) atoms. The van der Waals surface area contributed by atoms with E-state index in [0.717, 1.165) is 42.4 Å². The molecule has 4 amide bonds. The van der Waals surface area contributed by atoms with Gasteiger partial charge in [-0.15, -0.1) is 0 Å². The minimum atomic E-state index is -1.10. The lowest BCUT2D eigenvalue weighted by atomic mass is 10.0. The third-order valence-electron chi connectivity index (χ3n) is 13.9. The summed E-state index contributed by atoms with van der Waals surface area (Å²) in [6.45, 7) is 12.0. The third-order valence-corrected chi connectivity index (χ3v) is 15.0. The second-order valence-corrected chi connectivity index (χ2v) is 21.2. The van der Waals surface area contributed by atoms with Gasteiger partial charge in [0.1, 0.15) is 0 Å². The largest absolute Gasteiger partial charge is 0.404 e. The molecule has 5 aromatic carbocycles. The van der Waals surface area contributed by atoms with E-state index in [-0.39, 0.29) is 74.0 Å². The topological polar surface area (TPSA) is 336 Å². The van der Waals surface area contributed by atoms with E-state index in [4.69, 9.17) is 69.6 Å². The van der Waals surface area contributed by atoms with E-state index in [1.54, 1.807) is 21.9 Å². The van der Waals surface area contributed by atoms with Crippen molar-refractivity contribution in [1.29, 1.82) is 0 Å². The normalized spacial score (nSPS) is 17.3. The van der Waals surface area contributed by atoms with Crippen molar-refractivity contribution in [3.63, 3.8) is 0 Å². The molecule has 4 heterocycles. The van der Waals surface area contributed by atoms with Crippen LogP contribution in [0.4, 0.5) is 11.4 Å². The van der Waals surface area contributed by atoms with Crippen molar-refractivity contribution in [3.8, 4) is 5.75 Å². The van der Waals surface area contributed by atoms with Crippen LogP contribution in [-0.4, -0.2) is 125 Å². The first-order chi connectivity index (χ1) is 38.3. The molecule has 424 valence electrons. The summed E-state index contributed by atoms with van der Waals surface area (Å²) in [4.78, 5) is 109. The number of benzene rings is 5. The molecular weight excluding hydrogens is 1130 g/mol. The Kier molecular flexibility index (Phi) is 19.1. The maximum Gasteiger partial charge on any atom is 0.320 e. The van der Waals surface area contributed by atoms with E-state index in [9.17, 15) is 49.0 Å². The van der Waals surface area contributed by atoms with Crippen molar-refractivity contribution in [2.75, 3.05) is 32.0 Å². The highest BCUT2D eigenvalue weighted by Crippen LogP contribution is 2.33. The Labute approximate surface area is 482 Å². The maximum atomic E-state index is 13.5. The zero-order valence-corrected chi connectivity index (χ0v) is 46.8. The van der Waals surface area contributed by atoms with Gasteiger partial charge in [0, 0.05) is 108 Å². The highest BCUT2D eigenvalue weighted by molar-refractivity contribution is 6.45. The molecule has 0 saturated carbocycles. The van der Waals surface area contributed by atoms with Gasteiger partial charge < -0.3 is 36.9 Å². The number of ketones is 2. The second kappa shape index (κ2) is 25.5. The number of nitrogen functional groups attached to an aromatic ring is 1. The zero-order chi connectivity index (χ0) is 59.3. The maximum absolute atomic E-state index is 13.5. The molecule has 9 N–H and O–H groups in total. The molecule has 2 fully saturated rings. The average Bonchev–Trinajstić information content (AvgIpc) is 4.20. The molecule has 2 aliphatic rings. The Balaban J connectivity index is 0.000000190. The van der Waals surface area contributed by atoms with Crippen LogP contribution in [0.1, 0.15) is 80.3 Å². The fourth-order valence-electron chi connectivity index (χ4n) is 9.69. The number of nitro benzene ring substituents is 2. The smallest absolute Gasteiger partial charge is 0.320 e. The van der Waals surface area contributed by atoms with Crippen molar-refractivity contribution in [2.24, 2.45) is 17.4 Å². The number of nitrogens with one attached hydrogen (secondary N) is 1. The first-order valence-electron chi connectivity index (χ1n) is 24.7. The lowest BCUT2D eigenvalue weighted by Crippen LogP contribution is -2.57. The van der Waals surface area contributed by atoms with E-state index < -0.39 is 44.6 Å². The Morgan fingerprint density at radius 3 is 1.58 bits per heavy atom. The minimum Gasteiger partial charge on any atom is -0.404 e. The van der Waals surface area contributed by atoms with E-state index in [1.165, 1.54) is 29.2 Å². The number of nitro groups is 2. The molecule has 4 atom stereocenters. The molecule has 0 bridgehead atoms. The van der Waals surface area contributed by atoms with Crippen LogP contribution in [0.15, 0.2) is 103 Å². The Hall–Kier alpha value is -8.16. The summed E-state index contributed by atoms with van der Waals surface area (Å²) in [7, 11) is 0. The van der Waals surface area contributed by atoms with Crippen LogP contribution >= 0.6 is 46.4 Å². The molecule has 9 rings (SSSR count). The molecule has 0 aliphatic carbocycles. The lowest BCUT2D eigenvalue weighted by Gasteiger charge is -2.44. The SMILES string of the molecule is C[C@@H]1CN(Cc2cccc(Cl)c2)[C@@H](C)CN1C(=O)c1cc2c(C(=O)C(N)=O)c[nH]c2cc1Cl.C[C@@H]1CN(Cc2cccc(Cl)c2)[C@@H](C)CN1C(=O)c1cc2c(C(=O)C(N)=O)cn(N)c2cc1Cl.NOc1ccc([N+](=O)[O-])cc1[N+](=O)[O-]. The molecule has 2 aromatic heterocycles. The molecule has 7 aromatic rings. The van der Waals surface area contributed by atoms with E-state index >= 15 is 0 Å². The Morgan fingerprint density at radius 2 is 1.11 bits per heavy atom. The number of hydrogen-bond acceptors (Lipinski definition) is 15. The summed E-state index contributed by atoms with van der Waals surface area (Å²) in [6, 6.07) is 24.7. The van der Waals surface area contributed by atoms with Gasteiger partial charge in [-0.1, -0.05) is 70.7 Å². The van der Waals surface area contributed by atoms with Crippen molar-refractivity contribution < 1.29 is 43.5 Å². The highest BCUT2D eigenvalue weighted by Gasteiger charge is 2.36. The average molecular weight is 1190 g/mol. The van der Waals surface area contributed by atoms with Gasteiger partial charge in [0.2, 0.25) is 5.75 Å². The van der Waals surface area contributed by atoms with Gasteiger partial charge in [-0.3, -0.25) is 63.5 Å². The van der Waals surface area contributed by atoms with E-state index in [0.29, 0.717) is 58.0 Å². The highest BCUT2D eigenvalue weighted by atomic mass is 35.5. The second-order valence-electron chi connectivity index (χ2n) is 19.5. The number of fused-ring (bicyclic) bond motifs is 2. The van der Waals surface area contributed by atoms with Gasteiger partial charge in [-0.2, -0.15) is 5.90 Å². The van der Waals surface area contributed by atoms with Crippen molar-refractivity contribution >= 4 is 115 Å². The molecular formula is C54H54Cl4N12O11. The van der Waals surface area contributed by atoms with Gasteiger partial charge in [0.15, 0.2) is 0 Å². The Bertz CT molecular complexity index is 3650. The zero-order valence-electron chi connectivity index (χ0n) is 43.8. The standard InChI is InChI=1S/C24H25Cl2N5O3.C24H24Cl2N4O3.C6H5N3O5/c1-13-10-30(14(2)9-29(13)11-15-4-3-5-16(25)6-15)24(34)18-7-17-19(22(32)23(27)33)12-31(28)21(17)8-20(18)26;1-13-11-30(14(2)10-29(13)12-15-4-3-5-16(25)6-15)24(33)18-7-17-19(22(31)23(27)32)9-28-21(17)8-20(18)26;7-14-6-2-1-4(8(10)11)3-5(6)9(12)13/h3-8,12-14H,9-11,28H2,1-2H3,(H2,27,33);3-9,13-14,28H,10-12H2,1-2H3,(H2,27,32);1-3H,7H2/t2*13-,14+;/m00./s1. The molecule has 23 nitrogen and oxygen atoms in total. The predicted molar refractivity (Wildman–Crippen MR) is 306 cm³/mol. The molecule has 2 aliphatic heterocycles. The van der Waals surface area contributed by atoms with Gasteiger partial charge in [-0.25, -0.2) is 0 Å². The molecule has 0 unspecified atom stereocenters. The van der Waals surface area contributed by atoms with Crippen LogP contribution < -0.4 is 28.0 Å². The summed E-state index contributed by atoms with van der Waals surface area (Å²) in [5.41, 5.74) is 13.3. The number of non-ortho nitro benzene ring substituents is 1. The first-order valence-corrected chi connectivity index (χ1v) is 26.3. The van der Waals surface area contributed by atoms with Gasteiger partial charge in [0.25, 0.3) is 40.9 Å². The summed E-state index contributed by atoms with van der Waals surface area (Å²) in [5, 5.41) is 23.3. The number of Topliss-reactive ketones (excluding diaryl/α,β-unsaturated/α-hetero) is 2. The first kappa shape index (κ1) is 60.5. The lowest BCUT2D eigenvalue weighted by molar-refractivity contribution is -0.394. The van der Waals surface area contributed by atoms with E-state index in [1.807, 2.05) is 62.4 Å². The van der Waals surface area contributed by atoms with Crippen molar-refractivity contribution in [2.45, 2.75) is 65.0 Å². The van der Waals surface area contributed by atoms with Crippen LogP contribution in [0.25, 0.3) is 21.8 Å². The van der Waals surface area contributed by atoms with Crippen LogP contribution in [0.2, 0.25) is 20.1 Å². The van der Waals surface area contributed by atoms with Crippen molar-refractivity contribution in [3.05, 3.63) is 177 Å². The van der Waals surface area contributed by atoms with Gasteiger partial charge in [0.05, 0.1) is 53.7 Å². The van der Waals surface area contributed by atoms with Crippen LogP contribution in [0.5, 0.6) is 5.75 Å². The molecule has 0 radical (unpaired) electrons. The number of carbonyl (C=O) groups excluding carboxylic acids is 6. The number of carbonyl (C=O) groups is 6. The molecule has 2 saturated heterocycles. The van der Waals surface area contributed by atoms with Gasteiger partial charge >= 0.3 is 5.69 Å². The number of halogens is 4. The van der Waals surface area contributed by atoms with E-state index in [2.05, 4.69) is 33.5 Å². The quantitative estimate of drug-likeness (QED) is 0.0243. The molecule has 27 heteroatoms. The third kappa shape index (κ3) is 13.7. The number of primary amides is 2. The van der Waals surface area contributed by atoms with Crippen LogP contribution in [0.3, 0.4) is 0 Å². The monoisotopic (exact) mass is 1190 g/mol.